The highest BCUT2D eigenvalue weighted by molar-refractivity contribution is 5.40. The van der Waals surface area contributed by atoms with Crippen LogP contribution in [0, 0.1) is 0 Å². The average molecular weight is 220 g/mol. The maximum atomic E-state index is 5.76. The van der Waals surface area contributed by atoms with Gasteiger partial charge < -0.3 is 10.6 Å². The van der Waals surface area contributed by atoms with Crippen molar-refractivity contribution >= 4 is 5.69 Å². The molecule has 1 unspecified atom stereocenters. The molecule has 0 aliphatic carbocycles. The lowest BCUT2D eigenvalue weighted by molar-refractivity contribution is 0.248. The van der Waals surface area contributed by atoms with Gasteiger partial charge in [0.05, 0.1) is 0 Å². The number of hydrogen-bond acceptors (Lipinski definition) is 2. The van der Waals surface area contributed by atoms with Gasteiger partial charge in [0.15, 0.2) is 0 Å². The Labute approximate surface area is 99.5 Å². The van der Waals surface area contributed by atoms with Crippen molar-refractivity contribution in [1.82, 2.24) is 4.90 Å². The van der Waals surface area contributed by atoms with Crippen molar-refractivity contribution in [2.45, 2.75) is 39.2 Å². The summed E-state index contributed by atoms with van der Waals surface area (Å²) in [5.41, 5.74) is 7.95. The topological polar surface area (TPSA) is 29.3 Å². The highest BCUT2D eigenvalue weighted by Crippen LogP contribution is 2.09. The van der Waals surface area contributed by atoms with E-state index in [1.54, 1.807) is 0 Å². The quantitative estimate of drug-likeness (QED) is 0.747. The molecule has 0 bridgehead atoms. The summed E-state index contributed by atoms with van der Waals surface area (Å²) >= 11 is 0. The van der Waals surface area contributed by atoms with Gasteiger partial charge in [0.2, 0.25) is 0 Å². The van der Waals surface area contributed by atoms with Crippen LogP contribution in [0.5, 0.6) is 0 Å². The van der Waals surface area contributed by atoms with Crippen molar-refractivity contribution in [1.29, 1.82) is 0 Å². The molecule has 0 fully saturated rings. The van der Waals surface area contributed by atoms with Gasteiger partial charge in [0.1, 0.15) is 0 Å². The predicted octanol–water partition coefficient (Wildman–Crippen LogP) is 2.93. The Bertz CT molecular complexity index is 309. The molecule has 16 heavy (non-hydrogen) atoms. The van der Waals surface area contributed by atoms with Crippen molar-refractivity contribution in [2.24, 2.45) is 0 Å². The molecular weight excluding hydrogens is 196 g/mol. The van der Waals surface area contributed by atoms with Crippen LogP contribution >= 0.6 is 0 Å². The van der Waals surface area contributed by atoms with E-state index in [4.69, 9.17) is 5.73 Å². The Balaban J connectivity index is 2.39. The average Bonchev–Trinajstić information content (AvgIpc) is 2.26. The molecule has 2 N–H and O–H groups in total. The zero-order valence-corrected chi connectivity index (χ0v) is 10.7. The molecule has 0 spiro atoms. The Morgan fingerprint density at radius 2 is 2.12 bits per heavy atom. The van der Waals surface area contributed by atoms with Crippen molar-refractivity contribution in [3.05, 3.63) is 29.8 Å². The zero-order chi connectivity index (χ0) is 12.0. The molecular formula is C14H24N2. The van der Waals surface area contributed by atoms with Crippen molar-refractivity contribution < 1.29 is 0 Å². The van der Waals surface area contributed by atoms with Crippen LogP contribution in [0.3, 0.4) is 0 Å². The number of benzene rings is 1. The molecule has 1 rings (SSSR count). The highest BCUT2D eigenvalue weighted by Gasteiger charge is 2.07. The van der Waals surface area contributed by atoms with Gasteiger partial charge in [0, 0.05) is 18.3 Å². The first-order valence-corrected chi connectivity index (χ1v) is 6.18. The molecule has 1 atom stereocenters. The van der Waals surface area contributed by atoms with E-state index in [2.05, 4.69) is 37.9 Å². The normalized spacial score (nSPS) is 13.0. The monoisotopic (exact) mass is 220 g/mol. The van der Waals surface area contributed by atoms with Crippen molar-refractivity contribution in [3.63, 3.8) is 0 Å². The van der Waals surface area contributed by atoms with Gasteiger partial charge in [-0.05, 0) is 44.5 Å². The Morgan fingerprint density at radius 3 is 2.75 bits per heavy atom. The molecule has 0 radical (unpaired) electrons. The summed E-state index contributed by atoms with van der Waals surface area (Å²) in [6.45, 7) is 5.63. The molecule has 0 heterocycles. The summed E-state index contributed by atoms with van der Waals surface area (Å²) < 4.78 is 0. The Morgan fingerprint density at radius 1 is 1.38 bits per heavy atom. The van der Waals surface area contributed by atoms with E-state index in [0.29, 0.717) is 6.04 Å². The number of rotatable bonds is 6. The van der Waals surface area contributed by atoms with Crippen LogP contribution in [0.15, 0.2) is 24.3 Å². The van der Waals surface area contributed by atoms with Crippen LogP contribution in [-0.4, -0.2) is 24.5 Å². The summed E-state index contributed by atoms with van der Waals surface area (Å²) in [6, 6.07) is 8.85. The third-order valence-electron chi connectivity index (χ3n) is 3.16. The second kappa shape index (κ2) is 6.54. The van der Waals surface area contributed by atoms with Crippen LogP contribution in [0.2, 0.25) is 0 Å². The number of likely N-dealkylation sites (N-methyl/N-ethyl adjacent to an activating group) is 1. The van der Waals surface area contributed by atoms with Crippen molar-refractivity contribution in [2.75, 3.05) is 19.3 Å². The van der Waals surface area contributed by atoms with Crippen LogP contribution in [0.4, 0.5) is 5.69 Å². The van der Waals surface area contributed by atoms with Gasteiger partial charge in [-0.15, -0.1) is 0 Å². The molecule has 0 aliphatic rings. The van der Waals surface area contributed by atoms with Gasteiger partial charge in [-0.3, -0.25) is 0 Å². The lowest BCUT2D eigenvalue weighted by atomic mass is 10.1. The fourth-order valence-electron chi connectivity index (χ4n) is 1.91. The van der Waals surface area contributed by atoms with E-state index in [9.17, 15) is 0 Å². The van der Waals surface area contributed by atoms with Gasteiger partial charge in [-0.2, -0.15) is 0 Å². The molecule has 1 aromatic rings. The van der Waals surface area contributed by atoms with Gasteiger partial charge in [-0.1, -0.05) is 25.5 Å². The fraction of sp³-hybridized carbons (Fsp3) is 0.571. The maximum Gasteiger partial charge on any atom is 0.0316 e. The minimum Gasteiger partial charge on any atom is -0.399 e. The molecule has 2 heteroatoms. The number of anilines is 1. The predicted molar refractivity (Wildman–Crippen MR) is 71.6 cm³/mol. The fourth-order valence-corrected chi connectivity index (χ4v) is 1.91. The Kier molecular flexibility index (Phi) is 5.33. The van der Waals surface area contributed by atoms with Crippen molar-refractivity contribution in [3.8, 4) is 0 Å². The summed E-state index contributed by atoms with van der Waals surface area (Å²) in [7, 11) is 2.20. The maximum absolute atomic E-state index is 5.76. The summed E-state index contributed by atoms with van der Waals surface area (Å²) in [4.78, 5) is 2.42. The molecule has 90 valence electrons. The zero-order valence-electron chi connectivity index (χ0n) is 10.7. The second-order valence-corrected chi connectivity index (χ2v) is 4.61. The lowest BCUT2D eigenvalue weighted by Gasteiger charge is -2.24. The Hall–Kier alpha value is -1.02. The number of nitrogens with two attached hydrogens (primary N) is 1. The van der Waals surface area contributed by atoms with Gasteiger partial charge >= 0.3 is 0 Å². The third-order valence-corrected chi connectivity index (χ3v) is 3.16. The van der Waals surface area contributed by atoms with E-state index >= 15 is 0 Å². The first-order valence-electron chi connectivity index (χ1n) is 6.18. The minimum absolute atomic E-state index is 0.672. The SMILES string of the molecule is CCCC(C)N(C)CCc1cccc(N)c1. The number of nitrogen functional groups attached to an aromatic ring is 1. The van der Waals surface area contributed by atoms with Crippen LogP contribution in [0.1, 0.15) is 32.3 Å². The summed E-state index contributed by atoms with van der Waals surface area (Å²) in [5, 5.41) is 0. The first-order chi connectivity index (χ1) is 7.63. The summed E-state index contributed by atoms with van der Waals surface area (Å²) in [5.74, 6) is 0. The third kappa shape index (κ3) is 4.23. The van der Waals surface area contributed by atoms with E-state index in [1.807, 2.05) is 12.1 Å². The summed E-state index contributed by atoms with van der Waals surface area (Å²) in [6.07, 6.45) is 3.60. The van der Waals surface area contributed by atoms with E-state index in [0.717, 1.165) is 18.7 Å². The van der Waals surface area contributed by atoms with Crippen LogP contribution < -0.4 is 5.73 Å². The second-order valence-electron chi connectivity index (χ2n) is 4.61. The van der Waals surface area contributed by atoms with E-state index < -0.39 is 0 Å². The molecule has 0 aromatic heterocycles. The number of nitrogens with zero attached hydrogens (tertiary/aromatic N) is 1. The number of hydrogen-bond donors (Lipinski definition) is 1. The lowest BCUT2D eigenvalue weighted by Crippen LogP contribution is -2.30. The van der Waals surface area contributed by atoms with Gasteiger partial charge in [-0.25, -0.2) is 0 Å². The molecule has 1 aromatic carbocycles. The molecule has 0 amide bonds. The largest absolute Gasteiger partial charge is 0.399 e. The smallest absolute Gasteiger partial charge is 0.0316 e. The van der Waals surface area contributed by atoms with E-state index in [1.165, 1.54) is 18.4 Å². The molecule has 0 aliphatic heterocycles. The van der Waals surface area contributed by atoms with Gasteiger partial charge in [0.25, 0.3) is 0 Å². The molecule has 0 saturated heterocycles. The van der Waals surface area contributed by atoms with E-state index in [-0.39, 0.29) is 0 Å². The van der Waals surface area contributed by atoms with Crippen LogP contribution in [0.25, 0.3) is 0 Å². The minimum atomic E-state index is 0.672. The molecule has 2 nitrogen and oxygen atoms in total. The molecule has 0 saturated carbocycles. The standard InChI is InChI=1S/C14H24N2/c1-4-6-12(2)16(3)10-9-13-7-5-8-14(15)11-13/h5,7-8,11-12H,4,6,9-10,15H2,1-3H3. The van der Waals surface area contributed by atoms with Crippen LogP contribution in [-0.2, 0) is 6.42 Å². The first kappa shape index (κ1) is 13.0. The highest BCUT2D eigenvalue weighted by atomic mass is 15.1.